The van der Waals surface area contributed by atoms with Crippen molar-refractivity contribution in [2.45, 2.75) is 0 Å². The Morgan fingerprint density at radius 1 is 1.44 bits per heavy atom. The van der Waals surface area contributed by atoms with Gasteiger partial charge in [-0.15, -0.1) is 0 Å². The smallest absolute Gasteiger partial charge is 0.331 e. The standard InChI is InChI=1S/C12H10O4/c1-15-11(13)6-8-7-16-10-5-3-2-4-9(10)12(8)14/h2-6H,7H2,1H3. The maximum Gasteiger partial charge on any atom is 0.331 e. The number of para-hydroxylation sites is 1. The summed E-state index contributed by atoms with van der Waals surface area (Å²) in [5.41, 5.74) is 0.787. The second-order valence-corrected chi connectivity index (χ2v) is 3.31. The molecule has 4 heteroatoms. The number of carbonyl (C=O) groups excluding carboxylic acids is 2. The summed E-state index contributed by atoms with van der Waals surface area (Å²) in [6.45, 7) is 0.102. The van der Waals surface area contributed by atoms with E-state index in [1.807, 2.05) is 0 Å². The molecule has 0 saturated carbocycles. The molecule has 0 radical (unpaired) electrons. The Balaban J connectivity index is 2.35. The van der Waals surface area contributed by atoms with Crippen LogP contribution in [0.5, 0.6) is 5.75 Å². The molecule has 0 fully saturated rings. The zero-order valence-corrected chi connectivity index (χ0v) is 8.73. The van der Waals surface area contributed by atoms with Gasteiger partial charge in [-0.05, 0) is 12.1 Å². The quantitative estimate of drug-likeness (QED) is 0.527. The van der Waals surface area contributed by atoms with Crippen LogP contribution >= 0.6 is 0 Å². The van der Waals surface area contributed by atoms with Gasteiger partial charge in [0.1, 0.15) is 12.4 Å². The summed E-state index contributed by atoms with van der Waals surface area (Å²) in [5.74, 6) is -0.187. The number of fused-ring (bicyclic) bond motifs is 1. The largest absolute Gasteiger partial charge is 0.488 e. The first-order valence-electron chi connectivity index (χ1n) is 4.77. The fourth-order valence-corrected chi connectivity index (χ4v) is 1.48. The van der Waals surface area contributed by atoms with E-state index in [0.29, 0.717) is 16.9 Å². The summed E-state index contributed by atoms with van der Waals surface area (Å²) >= 11 is 0. The molecule has 0 N–H and O–H groups in total. The Morgan fingerprint density at radius 3 is 2.94 bits per heavy atom. The number of rotatable bonds is 1. The molecular formula is C12H10O4. The molecule has 0 bridgehead atoms. The van der Waals surface area contributed by atoms with Crippen molar-refractivity contribution in [2.24, 2.45) is 0 Å². The van der Waals surface area contributed by atoms with E-state index in [9.17, 15) is 9.59 Å². The number of benzene rings is 1. The molecule has 4 nitrogen and oxygen atoms in total. The minimum atomic E-state index is -0.550. The third-order valence-corrected chi connectivity index (χ3v) is 2.30. The second kappa shape index (κ2) is 4.18. The van der Waals surface area contributed by atoms with Crippen molar-refractivity contribution in [1.82, 2.24) is 0 Å². The highest BCUT2D eigenvalue weighted by atomic mass is 16.5. The van der Waals surface area contributed by atoms with Crippen LogP contribution in [0.4, 0.5) is 0 Å². The van der Waals surface area contributed by atoms with Gasteiger partial charge in [-0.3, -0.25) is 4.79 Å². The predicted molar refractivity (Wildman–Crippen MR) is 56.4 cm³/mol. The highest BCUT2D eigenvalue weighted by Crippen LogP contribution is 2.26. The molecule has 1 aliphatic heterocycles. The van der Waals surface area contributed by atoms with Gasteiger partial charge < -0.3 is 9.47 Å². The minimum Gasteiger partial charge on any atom is -0.488 e. The Morgan fingerprint density at radius 2 is 2.19 bits per heavy atom. The number of ether oxygens (including phenoxy) is 2. The van der Waals surface area contributed by atoms with Crippen LogP contribution in [0.2, 0.25) is 0 Å². The number of carbonyl (C=O) groups is 2. The Hall–Kier alpha value is -2.10. The molecule has 1 aliphatic rings. The molecule has 16 heavy (non-hydrogen) atoms. The number of ketones is 1. The number of Topliss-reactive ketones (excluding diaryl/α,β-unsaturated/α-hetero) is 1. The lowest BCUT2D eigenvalue weighted by molar-refractivity contribution is -0.134. The summed E-state index contributed by atoms with van der Waals surface area (Å²) in [4.78, 5) is 22.9. The van der Waals surface area contributed by atoms with E-state index in [4.69, 9.17) is 4.74 Å². The molecule has 0 amide bonds. The molecule has 0 saturated heterocycles. The summed E-state index contributed by atoms with van der Waals surface area (Å²) < 4.78 is 9.82. The van der Waals surface area contributed by atoms with E-state index in [1.54, 1.807) is 24.3 Å². The van der Waals surface area contributed by atoms with Crippen LogP contribution in [0.25, 0.3) is 0 Å². The van der Waals surface area contributed by atoms with E-state index in [1.165, 1.54) is 7.11 Å². The van der Waals surface area contributed by atoms with Crippen molar-refractivity contribution in [2.75, 3.05) is 13.7 Å². The first-order chi connectivity index (χ1) is 7.72. The normalized spacial score (nSPS) is 16.6. The van der Waals surface area contributed by atoms with Gasteiger partial charge in [0.05, 0.1) is 12.7 Å². The average molecular weight is 218 g/mol. The van der Waals surface area contributed by atoms with E-state index >= 15 is 0 Å². The highest BCUT2D eigenvalue weighted by molar-refractivity contribution is 6.13. The molecule has 0 aromatic heterocycles. The van der Waals surface area contributed by atoms with Crippen molar-refractivity contribution in [3.63, 3.8) is 0 Å². The summed E-state index contributed by atoms with van der Waals surface area (Å²) in [6, 6.07) is 6.94. The zero-order valence-electron chi connectivity index (χ0n) is 8.73. The van der Waals surface area contributed by atoms with Crippen LogP contribution in [-0.2, 0) is 9.53 Å². The average Bonchev–Trinajstić information content (AvgIpc) is 2.33. The molecule has 1 aromatic rings. The molecule has 0 spiro atoms. The van der Waals surface area contributed by atoms with Gasteiger partial charge in [0, 0.05) is 11.6 Å². The SMILES string of the molecule is COC(=O)C=C1COc2ccccc2C1=O. The Bertz CT molecular complexity index is 474. The molecule has 2 rings (SSSR count). The van der Waals surface area contributed by atoms with Gasteiger partial charge >= 0.3 is 5.97 Å². The van der Waals surface area contributed by atoms with Crippen molar-refractivity contribution < 1.29 is 19.1 Å². The van der Waals surface area contributed by atoms with Crippen LogP contribution < -0.4 is 4.74 Å². The van der Waals surface area contributed by atoms with E-state index < -0.39 is 5.97 Å². The van der Waals surface area contributed by atoms with Crippen molar-refractivity contribution in [3.8, 4) is 5.75 Å². The summed E-state index contributed by atoms with van der Waals surface area (Å²) in [6.07, 6.45) is 1.16. The first kappa shape index (κ1) is 10.4. The molecule has 1 heterocycles. The van der Waals surface area contributed by atoms with Crippen LogP contribution in [-0.4, -0.2) is 25.5 Å². The van der Waals surface area contributed by atoms with Gasteiger partial charge in [0.15, 0.2) is 5.78 Å². The van der Waals surface area contributed by atoms with E-state index in [-0.39, 0.29) is 12.4 Å². The van der Waals surface area contributed by atoms with Gasteiger partial charge in [-0.2, -0.15) is 0 Å². The minimum absolute atomic E-state index is 0.102. The molecule has 0 atom stereocenters. The van der Waals surface area contributed by atoms with Crippen LogP contribution in [0, 0.1) is 0 Å². The molecular weight excluding hydrogens is 208 g/mol. The zero-order chi connectivity index (χ0) is 11.5. The van der Waals surface area contributed by atoms with Crippen LogP contribution in [0.15, 0.2) is 35.9 Å². The lowest BCUT2D eigenvalue weighted by Gasteiger charge is -2.17. The van der Waals surface area contributed by atoms with Gasteiger partial charge in [0.2, 0.25) is 0 Å². The number of hydrogen-bond acceptors (Lipinski definition) is 4. The highest BCUT2D eigenvalue weighted by Gasteiger charge is 2.23. The fourth-order valence-electron chi connectivity index (χ4n) is 1.48. The molecule has 0 aliphatic carbocycles. The molecule has 0 unspecified atom stereocenters. The third-order valence-electron chi connectivity index (χ3n) is 2.30. The topological polar surface area (TPSA) is 52.6 Å². The molecule has 1 aromatic carbocycles. The lowest BCUT2D eigenvalue weighted by atomic mass is 10.0. The monoisotopic (exact) mass is 218 g/mol. The molecule has 82 valence electrons. The lowest BCUT2D eigenvalue weighted by Crippen LogP contribution is -2.20. The Labute approximate surface area is 92.5 Å². The van der Waals surface area contributed by atoms with Crippen molar-refractivity contribution >= 4 is 11.8 Å². The number of hydrogen-bond donors (Lipinski definition) is 0. The first-order valence-corrected chi connectivity index (χ1v) is 4.77. The van der Waals surface area contributed by atoms with Gasteiger partial charge in [-0.25, -0.2) is 4.79 Å². The third kappa shape index (κ3) is 1.82. The van der Waals surface area contributed by atoms with Gasteiger partial charge in [-0.1, -0.05) is 12.1 Å². The fraction of sp³-hybridized carbons (Fsp3) is 0.167. The number of methoxy groups -OCH3 is 1. The van der Waals surface area contributed by atoms with E-state index in [0.717, 1.165) is 6.08 Å². The van der Waals surface area contributed by atoms with Crippen molar-refractivity contribution in [3.05, 3.63) is 41.5 Å². The summed E-state index contributed by atoms with van der Waals surface area (Å²) in [5, 5.41) is 0. The van der Waals surface area contributed by atoms with E-state index in [2.05, 4.69) is 4.74 Å². The summed E-state index contributed by atoms with van der Waals surface area (Å²) in [7, 11) is 1.27. The maximum atomic E-state index is 11.9. The van der Waals surface area contributed by atoms with Gasteiger partial charge in [0.25, 0.3) is 0 Å². The van der Waals surface area contributed by atoms with Crippen molar-refractivity contribution in [1.29, 1.82) is 0 Å². The maximum absolute atomic E-state index is 11.9. The predicted octanol–water partition coefficient (Wildman–Crippen LogP) is 1.36. The van der Waals surface area contributed by atoms with Crippen LogP contribution in [0.1, 0.15) is 10.4 Å². The number of esters is 1. The Kier molecular flexibility index (Phi) is 2.72. The second-order valence-electron chi connectivity index (χ2n) is 3.31. The van der Waals surface area contributed by atoms with Crippen LogP contribution in [0.3, 0.4) is 0 Å².